The van der Waals surface area contributed by atoms with Crippen molar-refractivity contribution in [3.63, 3.8) is 0 Å². The molecule has 1 fully saturated rings. The molecule has 3 N–H and O–H groups in total. The first kappa shape index (κ1) is 19.5. The van der Waals surface area contributed by atoms with Crippen LogP contribution in [0.4, 0.5) is 5.82 Å². The van der Waals surface area contributed by atoms with Crippen LogP contribution in [0.2, 0.25) is 0 Å². The Kier molecular flexibility index (Phi) is 6.43. The van der Waals surface area contributed by atoms with Crippen LogP contribution in [0, 0.1) is 5.92 Å². The number of fused-ring (bicyclic) bond motifs is 1. The minimum absolute atomic E-state index is 0.291. The molecule has 1 aliphatic carbocycles. The lowest BCUT2D eigenvalue weighted by Crippen LogP contribution is -2.36. The third-order valence-corrected chi connectivity index (χ3v) is 5.08. The highest BCUT2D eigenvalue weighted by Crippen LogP contribution is 2.24. The number of pyridine rings is 1. The van der Waals surface area contributed by atoms with Crippen LogP contribution in [0.1, 0.15) is 5.56 Å². The lowest BCUT2D eigenvalue weighted by molar-refractivity contribution is 0.122. The molecular weight excluding hydrogens is 368 g/mol. The molecular formula is C21H28N6O2. The Morgan fingerprint density at radius 2 is 2.17 bits per heavy atom. The molecule has 3 aliphatic rings. The largest absolute Gasteiger partial charge is 0.476 e. The van der Waals surface area contributed by atoms with Gasteiger partial charge < -0.3 is 25.0 Å². The summed E-state index contributed by atoms with van der Waals surface area (Å²) in [5.41, 5.74) is 5.17. The molecule has 1 saturated heterocycles. The summed E-state index contributed by atoms with van der Waals surface area (Å²) in [6.45, 7) is 4.39. The van der Waals surface area contributed by atoms with Crippen LogP contribution in [0.15, 0.2) is 53.4 Å². The van der Waals surface area contributed by atoms with E-state index in [2.05, 4.69) is 55.3 Å². The van der Waals surface area contributed by atoms with Gasteiger partial charge in [0.25, 0.3) is 0 Å². The zero-order valence-electron chi connectivity index (χ0n) is 16.7. The van der Waals surface area contributed by atoms with Gasteiger partial charge in [-0.1, -0.05) is 24.3 Å². The van der Waals surface area contributed by atoms with Crippen molar-refractivity contribution in [3.05, 3.63) is 53.9 Å². The van der Waals surface area contributed by atoms with Gasteiger partial charge in [-0.3, -0.25) is 5.43 Å². The maximum Gasteiger partial charge on any atom is 0.215 e. The van der Waals surface area contributed by atoms with Crippen LogP contribution in [0.25, 0.3) is 0 Å². The summed E-state index contributed by atoms with van der Waals surface area (Å²) < 4.78 is 11.3. The molecule has 0 amide bonds. The zero-order chi connectivity index (χ0) is 19.9. The average molecular weight is 396 g/mol. The van der Waals surface area contributed by atoms with Gasteiger partial charge in [0.05, 0.1) is 31.2 Å². The smallest absolute Gasteiger partial charge is 0.215 e. The summed E-state index contributed by atoms with van der Waals surface area (Å²) >= 11 is 0. The third-order valence-electron chi connectivity index (χ3n) is 5.08. The SMILES string of the molecule is CNCCOc1cc(/C=N/NC2=CNC3C=CC=CC23)cc(N2CCOCC2)n1. The summed E-state index contributed by atoms with van der Waals surface area (Å²) in [5.74, 6) is 1.78. The van der Waals surface area contributed by atoms with E-state index in [0.29, 0.717) is 37.7 Å². The number of aromatic nitrogens is 1. The number of likely N-dealkylation sites (N-methyl/N-ethyl adjacent to an activating group) is 1. The molecule has 0 saturated carbocycles. The monoisotopic (exact) mass is 396 g/mol. The molecule has 1 aromatic heterocycles. The van der Waals surface area contributed by atoms with Gasteiger partial charge in [0.2, 0.25) is 5.88 Å². The summed E-state index contributed by atoms with van der Waals surface area (Å²) in [7, 11) is 1.90. The molecule has 0 radical (unpaired) electrons. The van der Waals surface area contributed by atoms with E-state index in [0.717, 1.165) is 36.7 Å². The molecule has 8 heteroatoms. The molecule has 0 aromatic carbocycles. The number of ether oxygens (including phenoxy) is 2. The zero-order valence-corrected chi connectivity index (χ0v) is 16.7. The van der Waals surface area contributed by atoms with Gasteiger partial charge >= 0.3 is 0 Å². The lowest BCUT2D eigenvalue weighted by Gasteiger charge is -2.28. The molecule has 3 heterocycles. The Labute approximate surface area is 171 Å². The number of allylic oxidation sites excluding steroid dienone is 2. The molecule has 154 valence electrons. The molecule has 4 rings (SSSR count). The van der Waals surface area contributed by atoms with Crippen molar-refractivity contribution in [2.75, 3.05) is 51.4 Å². The van der Waals surface area contributed by atoms with Crippen LogP contribution in [-0.4, -0.2) is 63.7 Å². The fourth-order valence-corrected chi connectivity index (χ4v) is 3.51. The van der Waals surface area contributed by atoms with Crippen molar-refractivity contribution in [1.82, 2.24) is 21.0 Å². The minimum Gasteiger partial charge on any atom is -0.476 e. The van der Waals surface area contributed by atoms with Gasteiger partial charge in [-0.25, -0.2) is 0 Å². The fourth-order valence-electron chi connectivity index (χ4n) is 3.51. The Morgan fingerprint density at radius 3 is 3.03 bits per heavy atom. The van der Waals surface area contributed by atoms with E-state index < -0.39 is 0 Å². The van der Waals surface area contributed by atoms with Crippen molar-refractivity contribution >= 4 is 12.0 Å². The number of hydrazone groups is 1. The summed E-state index contributed by atoms with van der Waals surface area (Å²) in [6, 6.07) is 4.26. The van der Waals surface area contributed by atoms with E-state index in [1.807, 2.05) is 31.6 Å². The summed E-state index contributed by atoms with van der Waals surface area (Å²) in [6.07, 6.45) is 12.3. The van der Waals surface area contributed by atoms with E-state index in [4.69, 9.17) is 9.47 Å². The first-order valence-corrected chi connectivity index (χ1v) is 10.1. The van der Waals surface area contributed by atoms with Gasteiger partial charge in [0, 0.05) is 43.4 Å². The van der Waals surface area contributed by atoms with Crippen molar-refractivity contribution < 1.29 is 9.47 Å². The molecule has 2 unspecified atom stereocenters. The number of hydrogen-bond donors (Lipinski definition) is 3. The summed E-state index contributed by atoms with van der Waals surface area (Å²) in [4.78, 5) is 6.88. The first-order chi connectivity index (χ1) is 14.3. The Hall–Kier alpha value is -2.84. The topological polar surface area (TPSA) is 83.0 Å². The minimum atomic E-state index is 0.291. The molecule has 2 atom stereocenters. The lowest BCUT2D eigenvalue weighted by atomic mass is 9.95. The number of morpholine rings is 1. The van der Waals surface area contributed by atoms with Crippen molar-refractivity contribution in [2.45, 2.75) is 6.04 Å². The second-order valence-corrected chi connectivity index (χ2v) is 7.11. The van der Waals surface area contributed by atoms with Crippen LogP contribution in [-0.2, 0) is 4.74 Å². The Morgan fingerprint density at radius 1 is 1.31 bits per heavy atom. The first-order valence-electron chi connectivity index (χ1n) is 10.1. The summed E-state index contributed by atoms with van der Waals surface area (Å²) in [5, 5.41) is 10.9. The van der Waals surface area contributed by atoms with E-state index >= 15 is 0 Å². The highest BCUT2D eigenvalue weighted by atomic mass is 16.5. The van der Waals surface area contributed by atoms with Gasteiger partial charge in [-0.2, -0.15) is 10.1 Å². The number of rotatable bonds is 8. The van der Waals surface area contributed by atoms with Gasteiger partial charge in [0.15, 0.2) is 0 Å². The van der Waals surface area contributed by atoms with Crippen molar-refractivity contribution in [2.24, 2.45) is 11.0 Å². The molecule has 29 heavy (non-hydrogen) atoms. The van der Waals surface area contributed by atoms with Gasteiger partial charge in [-0.05, 0) is 13.1 Å². The van der Waals surface area contributed by atoms with Crippen LogP contribution in [0.3, 0.4) is 0 Å². The predicted octanol–water partition coefficient (Wildman–Crippen LogP) is 0.995. The number of hydrogen-bond acceptors (Lipinski definition) is 8. The third kappa shape index (κ3) is 4.96. The molecule has 0 bridgehead atoms. The molecule has 1 aromatic rings. The van der Waals surface area contributed by atoms with Crippen LogP contribution < -0.4 is 25.7 Å². The van der Waals surface area contributed by atoms with E-state index in [1.165, 1.54) is 0 Å². The highest BCUT2D eigenvalue weighted by molar-refractivity contribution is 5.81. The maximum absolute atomic E-state index is 5.82. The van der Waals surface area contributed by atoms with E-state index in [1.54, 1.807) is 0 Å². The predicted molar refractivity (Wildman–Crippen MR) is 114 cm³/mol. The molecule has 2 aliphatic heterocycles. The van der Waals surface area contributed by atoms with E-state index in [9.17, 15) is 0 Å². The maximum atomic E-state index is 5.82. The van der Waals surface area contributed by atoms with E-state index in [-0.39, 0.29) is 0 Å². The van der Waals surface area contributed by atoms with Gasteiger partial charge in [0.1, 0.15) is 12.4 Å². The number of anilines is 1. The Balaban J connectivity index is 1.46. The van der Waals surface area contributed by atoms with Gasteiger partial charge in [-0.15, -0.1) is 0 Å². The van der Waals surface area contributed by atoms with Crippen molar-refractivity contribution in [1.29, 1.82) is 0 Å². The van der Waals surface area contributed by atoms with Crippen molar-refractivity contribution in [3.8, 4) is 5.88 Å². The second-order valence-electron chi connectivity index (χ2n) is 7.11. The van der Waals surface area contributed by atoms with Crippen LogP contribution in [0.5, 0.6) is 5.88 Å². The normalized spacial score (nSPS) is 23.1. The number of nitrogens with zero attached hydrogens (tertiary/aromatic N) is 3. The fraction of sp³-hybridized carbons (Fsp3) is 0.429. The quantitative estimate of drug-likeness (QED) is 0.343. The average Bonchev–Trinajstić information content (AvgIpc) is 3.18. The van der Waals surface area contributed by atoms with Crippen LogP contribution >= 0.6 is 0 Å². The molecule has 0 spiro atoms. The standard InChI is InChI=1S/C21H28N6O2/c1-22-6-9-29-21-13-16(12-20(25-21)27-7-10-28-11-8-27)14-24-26-19-15-23-18-5-3-2-4-17(18)19/h2-5,12-15,17-18,22-23,26H,6-11H2,1H3/b24-14+. The number of nitrogens with one attached hydrogen (secondary N) is 3. The second kappa shape index (κ2) is 9.58. The highest BCUT2D eigenvalue weighted by Gasteiger charge is 2.26. The molecule has 8 nitrogen and oxygen atoms in total. The Bertz CT molecular complexity index is 813.